The molecule has 0 bridgehead atoms. The number of esters is 1. The van der Waals surface area contributed by atoms with E-state index in [1.54, 1.807) is 31.4 Å². The average Bonchev–Trinajstić information content (AvgIpc) is 3.08. The molecule has 2 fully saturated rings. The van der Waals surface area contributed by atoms with Crippen LogP contribution in [0.15, 0.2) is 29.3 Å². The first-order valence-electron chi connectivity index (χ1n) is 8.09. The highest BCUT2D eigenvalue weighted by Crippen LogP contribution is 2.43. The van der Waals surface area contributed by atoms with E-state index in [4.69, 9.17) is 14.2 Å². The minimum atomic E-state index is -1.27. The van der Waals surface area contributed by atoms with Crippen molar-refractivity contribution in [1.29, 1.82) is 0 Å². The highest BCUT2D eigenvalue weighted by atomic mass is 32.2. The van der Waals surface area contributed by atoms with Crippen molar-refractivity contribution in [1.82, 2.24) is 5.32 Å². The number of hydrogen-bond donors (Lipinski definition) is 1. The van der Waals surface area contributed by atoms with Gasteiger partial charge < -0.3 is 19.5 Å². The third-order valence-electron chi connectivity index (χ3n) is 3.91. The van der Waals surface area contributed by atoms with Crippen molar-refractivity contribution >= 4 is 34.5 Å². The predicted molar refractivity (Wildman–Crippen MR) is 94.2 cm³/mol. The third-order valence-corrected chi connectivity index (χ3v) is 5.17. The minimum absolute atomic E-state index is 0.281. The molecule has 25 heavy (non-hydrogen) atoms. The van der Waals surface area contributed by atoms with Gasteiger partial charge in [0.1, 0.15) is 11.9 Å². The zero-order valence-corrected chi connectivity index (χ0v) is 14.9. The number of benzene rings is 1. The summed E-state index contributed by atoms with van der Waals surface area (Å²) in [5, 5.41) is 3.06. The summed E-state index contributed by atoms with van der Waals surface area (Å²) in [5.74, 6) is -0.252. The van der Waals surface area contributed by atoms with Gasteiger partial charge in [0.05, 0.1) is 19.4 Å². The van der Waals surface area contributed by atoms with Crippen LogP contribution in [0.5, 0.6) is 5.75 Å². The van der Waals surface area contributed by atoms with Crippen molar-refractivity contribution in [2.75, 3.05) is 20.3 Å². The molecule has 2 saturated heterocycles. The van der Waals surface area contributed by atoms with Crippen LogP contribution in [-0.2, 0) is 19.1 Å². The lowest BCUT2D eigenvalue weighted by molar-refractivity contribution is -0.146. The van der Waals surface area contributed by atoms with Crippen LogP contribution in [0.2, 0.25) is 0 Å². The summed E-state index contributed by atoms with van der Waals surface area (Å²) in [5.41, 5.74) is 0.633. The van der Waals surface area contributed by atoms with Gasteiger partial charge in [-0.25, -0.2) is 9.79 Å². The lowest BCUT2D eigenvalue weighted by Crippen LogP contribution is -2.40. The maximum Gasteiger partial charge on any atom is 0.332 e. The third kappa shape index (κ3) is 3.64. The molecule has 0 aromatic heterocycles. The molecule has 0 radical (unpaired) electrons. The van der Waals surface area contributed by atoms with Crippen LogP contribution < -0.4 is 10.1 Å². The first kappa shape index (κ1) is 17.8. The number of thioether (sulfide) groups is 1. The van der Waals surface area contributed by atoms with Crippen molar-refractivity contribution in [3.05, 3.63) is 24.3 Å². The second kappa shape index (κ2) is 7.45. The van der Waals surface area contributed by atoms with E-state index in [0.29, 0.717) is 29.8 Å². The Kier molecular flexibility index (Phi) is 5.29. The summed E-state index contributed by atoms with van der Waals surface area (Å²) in [7, 11) is 1.57. The average molecular weight is 364 g/mol. The molecule has 0 unspecified atom stereocenters. The fourth-order valence-corrected chi connectivity index (χ4v) is 3.87. The number of aliphatic imine (C=N–C) groups is 1. The minimum Gasteiger partial charge on any atom is -0.497 e. The predicted octanol–water partition coefficient (Wildman–Crippen LogP) is 2.03. The summed E-state index contributed by atoms with van der Waals surface area (Å²) in [6, 6.07) is 7.15. The van der Waals surface area contributed by atoms with E-state index in [1.165, 1.54) is 0 Å². The molecule has 3 rings (SSSR count). The standard InChI is InChI=1S/C17H20N2O5S/c1-3-7-23-10-13-9-17(15(21)24-13)14(20)19-16(25-17)18-11-5-4-6-12(8-11)22-2/h4-6,8,13H,3,7,9-10H2,1-2H3,(H,18,19,20)/t13-,17+/m0/s1. The summed E-state index contributed by atoms with van der Waals surface area (Å²) in [6.45, 7) is 2.91. The molecule has 1 amide bonds. The van der Waals surface area contributed by atoms with Crippen LogP contribution in [-0.4, -0.2) is 48.2 Å². The Labute approximate surface area is 150 Å². The second-order valence-electron chi connectivity index (χ2n) is 5.81. The van der Waals surface area contributed by atoms with E-state index < -0.39 is 16.8 Å². The van der Waals surface area contributed by atoms with Gasteiger partial charge in [-0.2, -0.15) is 0 Å². The first-order chi connectivity index (χ1) is 12.1. The number of amidine groups is 1. The Bertz CT molecular complexity index is 708. The van der Waals surface area contributed by atoms with Gasteiger partial charge in [-0.3, -0.25) is 4.79 Å². The lowest BCUT2D eigenvalue weighted by Gasteiger charge is -2.11. The van der Waals surface area contributed by atoms with Gasteiger partial charge in [-0.15, -0.1) is 0 Å². The molecule has 1 aromatic carbocycles. The number of carbonyl (C=O) groups is 2. The summed E-state index contributed by atoms with van der Waals surface area (Å²) >= 11 is 1.11. The highest BCUT2D eigenvalue weighted by molar-refractivity contribution is 8.17. The van der Waals surface area contributed by atoms with Gasteiger partial charge in [0.2, 0.25) is 4.75 Å². The van der Waals surface area contributed by atoms with Crippen molar-refractivity contribution in [3.8, 4) is 5.75 Å². The van der Waals surface area contributed by atoms with Crippen molar-refractivity contribution in [2.24, 2.45) is 4.99 Å². The van der Waals surface area contributed by atoms with Crippen molar-refractivity contribution < 1.29 is 23.8 Å². The van der Waals surface area contributed by atoms with Gasteiger partial charge in [0, 0.05) is 19.1 Å². The summed E-state index contributed by atoms with van der Waals surface area (Å²) < 4.78 is 14.7. The largest absolute Gasteiger partial charge is 0.497 e. The van der Waals surface area contributed by atoms with Crippen LogP contribution >= 0.6 is 11.8 Å². The van der Waals surface area contributed by atoms with Crippen LogP contribution in [0, 0.1) is 0 Å². The molecular formula is C17H20N2O5S. The van der Waals surface area contributed by atoms with Gasteiger partial charge in [0.15, 0.2) is 5.17 Å². The Morgan fingerprint density at radius 3 is 3.04 bits per heavy atom. The number of ether oxygens (including phenoxy) is 3. The van der Waals surface area contributed by atoms with Gasteiger partial charge in [0.25, 0.3) is 5.91 Å². The van der Waals surface area contributed by atoms with Crippen LogP contribution in [0.1, 0.15) is 19.8 Å². The summed E-state index contributed by atoms with van der Waals surface area (Å²) in [4.78, 5) is 29.1. The Balaban J connectivity index is 1.73. The van der Waals surface area contributed by atoms with Gasteiger partial charge in [-0.1, -0.05) is 24.8 Å². The quantitative estimate of drug-likeness (QED) is 0.472. The number of nitrogens with zero attached hydrogens (tertiary/aromatic N) is 1. The molecule has 2 heterocycles. The van der Waals surface area contributed by atoms with Crippen molar-refractivity contribution in [2.45, 2.75) is 30.6 Å². The monoisotopic (exact) mass is 364 g/mol. The fourth-order valence-electron chi connectivity index (χ4n) is 2.70. The molecule has 1 N–H and O–H groups in total. The lowest BCUT2D eigenvalue weighted by atomic mass is 10.0. The molecule has 0 saturated carbocycles. The zero-order valence-electron chi connectivity index (χ0n) is 14.1. The topological polar surface area (TPSA) is 86.2 Å². The van der Waals surface area contributed by atoms with E-state index in [-0.39, 0.29) is 12.3 Å². The molecule has 7 nitrogen and oxygen atoms in total. The van der Waals surface area contributed by atoms with E-state index in [2.05, 4.69) is 10.3 Å². The Morgan fingerprint density at radius 2 is 2.28 bits per heavy atom. The molecule has 2 aliphatic rings. The molecule has 1 aromatic rings. The maximum atomic E-state index is 12.4. The number of carbonyl (C=O) groups excluding carboxylic acids is 2. The van der Waals surface area contributed by atoms with E-state index >= 15 is 0 Å². The van der Waals surface area contributed by atoms with Crippen LogP contribution in [0.25, 0.3) is 0 Å². The number of rotatable bonds is 6. The van der Waals surface area contributed by atoms with Gasteiger partial charge in [-0.05, 0) is 18.6 Å². The number of methoxy groups -OCH3 is 1. The fraction of sp³-hybridized carbons (Fsp3) is 0.471. The number of cyclic esters (lactones) is 1. The highest BCUT2D eigenvalue weighted by Gasteiger charge is 2.60. The number of amides is 1. The summed E-state index contributed by atoms with van der Waals surface area (Å²) in [6.07, 6.45) is 0.759. The normalized spacial score (nSPS) is 27.0. The zero-order chi connectivity index (χ0) is 17.9. The SMILES string of the molecule is CCCOC[C@@H]1C[C@]2(SC(=Nc3cccc(OC)c3)NC2=O)C(=O)O1. The molecule has 2 atom stereocenters. The smallest absolute Gasteiger partial charge is 0.332 e. The molecular weight excluding hydrogens is 344 g/mol. The molecule has 8 heteroatoms. The van der Waals surface area contributed by atoms with E-state index in [1.807, 2.05) is 6.92 Å². The molecule has 1 spiro atoms. The van der Waals surface area contributed by atoms with Gasteiger partial charge >= 0.3 is 5.97 Å². The Morgan fingerprint density at radius 1 is 1.44 bits per heavy atom. The van der Waals surface area contributed by atoms with Crippen molar-refractivity contribution in [3.63, 3.8) is 0 Å². The maximum absolute atomic E-state index is 12.4. The van der Waals surface area contributed by atoms with E-state index in [9.17, 15) is 9.59 Å². The molecule has 0 aliphatic carbocycles. The number of nitrogens with one attached hydrogen (secondary N) is 1. The first-order valence-corrected chi connectivity index (χ1v) is 8.91. The second-order valence-corrected chi connectivity index (χ2v) is 7.10. The van der Waals surface area contributed by atoms with E-state index in [0.717, 1.165) is 18.2 Å². The number of hydrogen-bond acceptors (Lipinski definition) is 7. The Hall–Kier alpha value is -2.06. The van der Waals surface area contributed by atoms with Crippen LogP contribution in [0.3, 0.4) is 0 Å². The molecule has 134 valence electrons. The van der Waals surface area contributed by atoms with Crippen LogP contribution in [0.4, 0.5) is 5.69 Å². The molecule has 2 aliphatic heterocycles.